The molecule has 2 atom stereocenters. The number of carbonyl (C=O) groups excluding carboxylic acids is 2. The summed E-state index contributed by atoms with van der Waals surface area (Å²) < 4.78 is 11.0. The SMILES string of the molecule is C/C(=C\CNC(=O)[C@@H]1OCC[C@@H]1NC(=O)OCC1c2ccccc2-c2ccccc21)C(=O)O. The third-order valence-electron chi connectivity index (χ3n) is 6.02. The molecule has 4 rings (SSSR count). The summed E-state index contributed by atoms with van der Waals surface area (Å²) in [4.78, 5) is 35.8. The van der Waals surface area contributed by atoms with Gasteiger partial charge in [-0.15, -0.1) is 0 Å². The third-order valence-corrected chi connectivity index (χ3v) is 6.02. The van der Waals surface area contributed by atoms with Crippen molar-refractivity contribution in [2.45, 2.75) is 31.4 Å². The van der Waals surface area contributed by atoms with E-state index in [1.807, 2.05) is 36.4 Å². The van der Waals surface area contributed by atoms with E-state index in [1.54, 1.807) is 0 Å². The fourth-order valence-corrected chi connectivity index (χ4v) is 4.28. The van der Waals surface area contributed by atoms with Crippen molar-refractivity contribution < 1.29 is 29.0 Å². The molecule has 1 fully saturated rings. The molecule has 0 unspecified atom stereocenters. The molecule has 1 aliphatic carbocycles. The second kappa shape index (κ2) is 9.87. The lowest BCUT2D eigenvalue weighted by Gasteiger charge is -2.20. The normalized spacial score (nSPS) is 19.5. The van der Waals surface area contributed by atoms with E-state index in [2.05, 4.69) is 22.8 Å². The molecule has 0 aromatic heterocycles. The molecule has 0 spiro atoms. The van der Waals surface area contributed by atoms with Gasteiger partial charge in [0.2, 0.25) is 0 Å². The van der Waals surface area contributed by atoms with Crippen molar-refractivity contribution in [2.75, 3.05) is 19.8 Å². The van der Waals surface area contributed by atoms with Crippen LogP contribution in [0.1, 0.15) is 30.4 Å². The first kappa shape index (κ1) is 22.5. The number of carboxylic acid groups (broad SMARTS) is 1. The van der Waals surface area contributed by atoms with E-state index in [9.17, 15) is 14.4 Å². The van der Waals surface area contributed by atoms with Gasteiger partial charge in [-0.1, -0.05) is 54.6 Å². The Bertz CT molecular complexity index is 1050. The predicted octanol–water partition coefficient (Wildman–Crippen LogP) is 2.83. The maximum atomic E-state index is 12.5. The molecule has 8 nitrogen and oxygen atoms in total. The Labute approximate surface area is 191 Å². The summed E-state index contributed by atoms with van der Waals surface area (Å²) >= 11 is 0. The fourth-order valence-electron chi connectivity index (χ4n) is 4.28. The average Bonchev–Trinajstić information content (AvgIpc) is 3.40. The Morgan fingerprint density at radius 3 is 2.36 bits per heavy atom. The molecule has 1 heterocycles. The quantitative estimate of drug-likeness (QED) is 0.559. The van der Waals surface area contributed by atoms with E-state index < -0.39 is 30.1 Å². The van der Waals surface area contributed by atoms with Crippen molar-refractivity contribution in [1.82, 2.24) is 10.6 Å². The zero-order valence-electron chi connectivity index (χ0n) is 18.2. The maximum absolute atomic E-state index is 12.5. The van der Waals surface area contributed by atoms with E-state index in [0.717, 1.165) is 22.3 Å². The average molecular weight is 450 g/mol. The van der Waals surface area contributed by atoms with Crippen LogP contribution in [-0.2, 0) is 19.1 Å². The summed E-state index contributed by atoms with van der Waals surface area (Å²) in [5.74, 6) is -1.51. The number of fused-ring (bicyclic) bond motifs is 3. The molecule has 172 valence electrons. The summed E-state index contributed by atoms with van der Waals surface area (Å²) in [6.07, 6.45) is 0.422. The van der Waals surface area contributed by atoms with Crippen LogP contribution in [0.15, 0.2) is 60.2 Å². The molecular formula is C25H26N2O6. The minimum atomic E-state index is -1.05. The van der Waals surface area contributed by atoms with Crippen LogP contribution in [-0.4, -0.2) is 55.0 Å². The first-order valence-corrected chi connectivity index (χ1v) is 10.9. The number of ether oxygens (including phenoxy) is 2. The summed E-state index contributed by atoms with van der Waals surface area (Å²) in [6.45, 7) is 2.02. The number of alkyl carbamates (subject to hydrolysis) is 1. The first-order valence-electron chi connectivity index (χ1n) is 10.9. The highest BCUT2D eigenvalue weighted by Gasteiger charge is 2.36. The minimum absolute atomic E-state index is 0.0497. The van der Waals surface area contributed by atoms with Gasteiger partial charge >= 0.3 is 12.1 Å². The molecule has 2 amide bonds. The first-order chi connectivity index (χ1) is 16.0. The Balaban J connectivity index is 1.33. The van der Waals surface area contributed by atoms with Crippen LogP contribution in [0.5, 0.6) is 0 Å². The van der Waals surface area contributed by atoms with Gasteiger partial charge in [-0.05, 0) is 35.6 Å². The van der Waals surface area contributed by atoms with Crippen molar-refractivity contribution in [2.24, 2.45) is 0 Å². The standard InChI is InChI=1S/C25H26N2O6/c1-15(24(29)30)10-12-26-23(28)22-21(11-13-32-22)27-25(31)33-14-20-18-8-4-2-6-16(18)17-7-3-5-9-19(17)20/h2-10,20-22H,11-14H2,1H3,(H,26,28)(H,27,31)(H,29,30)/b15-10+/t21-,22+/m0/s1. The second-order valence-corrected chi connectivity index (χ2v) is 8.09. The smallest absolute Gasteiger partial charge is 0.407 e. The van der Waals surface area contributed by atoms with E-state index in [-0.39, 0.29) is 24.6 Å². The molecule has 33 heavy (non-hydrogen) atoms. The Hall–Kier alpha value is -3.65. The molecule has 1 aliphatic heterocycles. The fraction of sp³-hybridized carbons (Fsp3) is 0.320. The zero-order chi connectivity index (χ0) is 23.4. The molecule has 0 radical (unpaired) electrons. The van der Waals surface area contributed by atoms with Gasteiger partial charge in [0.05, 0.1) is 6.04 Å². The van der Waals surface area contributed by atoms with Crippen LogP contribution >= 0.6 is 0 Å². The molecule has 2 aromatic carbocycles. The lowest BCUT2D eigenvalue weighted by molar-refractivity contribution is -0.133. The highest BCUT2D eigenvalue weighted by Crippen LogP contribution is 2.44. The van der Waals surface area contributed by atoms with Gasteiger partial charge < -0.3 is 25.2 Å². The van der Waals surface area contributed by atoms with Crippen molar-refractivity contribution in [3.63, 3.8) is 0 Å². The van der Waals surface area contributed by atoms with Gasteiger partial charge in [0, 0.05) is 24.6 Å². The van der Waals surface area contributed by atoms with Gasteiger partial charge in [0.25, 0.3) is 5.91 Å². The molecule has 3 N–H and O–H groups in total. The largest absolute Gasteiger partial charge is 0.478 e. The maximum Gasteiger partial charge on any atom is 0.407 e. The minimum Gasteiger partial charge on any atom is -0.478 e. The van der Waals surface area contributed by atoms with Crippen molar-refractivity contribution in [3.8, 4) is 11.1 Å². The van der Waals surface area contributed by atoms with E-state index in [0.29, 0.717) is 13.0 Å². The Morgan fingerprint density at radius 1 is 1.09 bits per heavy atom. The highest BCUT2D eigenvalue weighted by atomic mass is 16.6. The predicted molar refractivity (Wildman–Crippen MR) is 121 cm³/mol. The number of amides is 2. The number of aliphatic carboxylic acids is 1. The number of rotatable bonds is 7. The van der Waals surface area contributed by atoms with Crippen LogP contribution in [0.25, 0.3) is 11.1 Å². The second-order valence-electron chi connectivity index (χ2n) is 8.09. The molecular weight excluding hydrogens is 424 g/mol. The van der Waals surface area contributed by atoms with Crippen LogP contribution in [0.2, 0.25) is 0 Å². The Kier molecular flexibility index (Phi) is 6.74. The molecule has 2 aromatic rings. The summed E-state index contributed by atoms with van der Waals surface area (Å²) in [5, 5.41) is 14.2. The molecule has 0 bridgehead atoms. The zero-order valence-corrected chi connectivity index (χ0v) is 18.2. The molecule has 0 saturated carbocycles. The summed E-state index contributed by atoms with van der Waals surface area (Å²) in [5.41, 5.74) is 4.68. The van der Waals surface area contributed by atoms with Crippen LogP contribution < -0.4 is 10.6 Å². The summed E-state index contributed by atoms with van der Waals surface area (Å²) in [6, 6.07) is 15.7. The number of hydrogen-bond acceptors (Lipinski definition) is 5. The van der Waals surface area contributed by atoms with Gasteiger partial charge in [-0.25, -0.2) is 9.59 Å². The van der Waals surface area contributed by atoms with E-state index in [1.165, 1.54) is 13.0 Å². The third kappa shape index (κ3) is 4.90. The highest BCUT2D eigenvalue weighted by molar-refractivity contribution is 5.86. The topological polar surface area (TPSA) is 114 Å². The molecule has 8 heteroatoms. The van der Waals surface area contributed by atoms with E-state index in [4.69, 9.17) is 14.6 Å². The Morgan fingerprint density at radius 2 is 1.73 bits per heavy atom. The number of carboxylic acids is 1. The number of hydrogen-bond donors (Lipinski definition) is 3. The summed E-state index contributed by atoms with van der Waals surface area (Å²) in [7, 11) is 0. The molecule has 2 aliphatic rings. The van der Waals surface area contributed by atoms with Gasteiger partial charge in [0.15, 0.2) is 6.10 Å². The van der Waals surface area contributed by atoms with Crippen LogP contribution in [0.4, 0.5) is 4.79 Å². The van der Waals surface area contributed by atoms with Crippen molar-refractivity contribution in [3.05, 3.63) is 71.3 Å². The molecule has 1 saturated heterocycles. The van der Waals surface area contributed by atoms with Gasteiger partial charge in [-0.2, -0.15) is 0 Å². The lowest BCUT2D eigenvalue weighted by atomic mass is 9.98. The van der Waals surface area contributed by atoms with Gasteiger partial charge in [-0.3, -0.25) is 4.79 Å². The van der Waals surface area contributed by atoms with Crippen LogP contribution in [0, 0.1) is 0 Å². The van der Waals surface area contributed by atoms with Crippen molar-refractivity contribution >= 4 is 18.0 Å². The lowest BCUT2D eigenvalue weighted by Crippen LogP contribution is -2.48. The number of nitrogens with one attached hydrogen (secondary N) is 2. The number of benzene rings is 2. The van der Waals surface area contributed by atoms with Crippen molar-refractivity contribution in [1.29, 1.82) is 0 Å². The van der Waals surface area contributed by atoms with E-state index >= 15 is 0 Å². The number of carbonyl (C=O) groups is 3. The monoisotopic (exact) mass is 450 g/mol. The van der Waals surface area contributed by atoms with Gasteiger partial charge in [0.1, 0.15) is 6.61 Å². The van der Waals surface area contributed by atoms with Crippen LogP contribution in [0.3, 0.4) is 0 Å².